The Labute approximate surface area is 181 Å². The van der Waals surface area contributed by atoms with E-state index in [4.69, 9.17) is 9.47 Å². The molecule has 2 aromatic rings. The third kappa shape index (κ3) is 5.15. The molecular weight excluding hydrogens is 422 g/mol. The van der Waals surface area contributed by atoms with Gasteiger partial charge in [0.1, 0.15) is 11.5 Å². The number of methoxy groups -OCH3 is 2. The first-order valence-corrected chi connectivity index (χ1v) is 11.2. The zero-order valence-corrected chi connectivity index (χ0v) is 18.4. The summed E-state index contributed by atoms with van der Waals surface area (Å²) < 4.78 is 37.8. The largest absolute Gasteiger partial charge is 0.497 e. The average Bonchev–Trinajstić information content (AvgIpc) is 3.19. The smallest absolute Gasteiger partial charge is 0.242 e. The van der Waals surface area contributed by atoms with Gasteiger partial charge in [0.05, 0.1) is 30.8 Å². The molecule has 9 nitrogen and oxygen atoms in total. The molecule has 2 aromatic carbocycles. The van der Waals surface area contributed by atoms with Gasteiger partial charge in [-0.3, -0.25) is 9.59 Å². The van der Waals surface area contributed by atoms with Crippen molar-refractivity contribution in [2.75, 3.05) is 31.0 Å². The van der Waals surface area contributed by atoms with Crippen molar-refractivity contribution >= 4 is 33.2 Å². The number of nitrogens with zero attached hydrogens (tertiary/aromatic N) is 1. The molecule has 1 saturated heterocycles. The summed E-state index contributed by atoms with van der Waals surface area (Å²) in [6.45, 7) is 2.02. The Balaban J connectivity index is 1.72. The lowest BCUT2D eigenvalue weighted by molar-refractivity contribution is -0.117. The summed E-state index contributed by atoms with van der Waals surface area (Å²) in [6, 6.07) is 9.74. The van der Waals surface area contributed by atoms with E-state index in [2.05, 4.69) is 10.0 Å². The van der Waals surface area contributed by atoms with Crippen LogP contribution in [0, 0.1) is 0 Å². The van der Waals surface area contributed by atoms with E-state index in [0.717, 1.165) is 6.42 Å². The SMILES string of the molecule is COc1ccc(S(=O)(=O)N[C@@H](C)C(=O)Nc2ccc(OC)c(N3CCCC3=O)c2)cc1. The highest BCUT2D eigenvalue weighted by Crippen LogP contribution is 2.34. The molecule has 1 heterocycles. The van der Waals surface area contributed by atoms with Crippen LogP contribution in [0.3, 0.4) is 0 Å². The second kappa shape index (κ2) is 9.36. The number of ether oxygens (including phenoxy) is 2. The molecule has 0 aromatic heterocycles. The quantitative estimate of drug-likeness (QED) is 0.641. The van der Waals surface area contributed by atoms with Gasteiger partial charge < -0.3 is 19.7 Å². The number of rotatable bonds is 8. The topological polar surface area (TPSA) is 114 Å². The molecule has 0 aliphatic carbocycles. The van der Waals surface area contributed by atoms with E-state index in [9.17, 15) is 18.0 Å². The van der Waals surface area contributed by atoms with Crippen LogP contribution in [0.25, 0.3) is 0 Å². The summed E-state index contributed by atoms with van der Waals surface area (Å²) in [5, 5.41) is 2.68. The fourth-order valence-corrected chi connectivity index (χ4v) is 4.44. The second-order valence-electron chi connectivity index (χ2n) is 7.04. The maximum absolute atomic E-state index is 12.6. The first-order valence-electron chi connectivity index (χ1n) is 9.71. The average molecular weight is 448 g/mol. The molecule has 0 spiro atoms. The number of hydrogen-bond acceptors (Lipinski definition) is 6. The lowest BCUT2D eigenvalue weighted by Crippen LogP contribution is -2.41. The van der Waals surface area contributed by atoms with Crippen LogP contribution >= 0.6 is 0 Å². The minimum absolute atomic E-state index is 0.0117. The predicted octanol–water partition coefficient (Wildman–Crippen LogP) is 2.14. The number of sulfonamides is 1. The summed E-state index contributed by atoms with van der Waals surface area (Å²) >= 11 is 0. The van der Waals surface area contributed by atoms with Crippen LogP contribution in [-0.2, 0) is 19.6 Å². The number of amides is 2. The standard InChI is InChI=1S/C21H25N3O6S/c1-14(23-31(27,28)17-9-7-16(29-2)8-10-17)21(26)22-15-6-11-19(30-3)18(13-15)24-12-4-5-20(24)25/h6-11,13-14,23H,4-5,12H2,1-3H3,(H,22,26)/t14-/m0/s1. The van der Waals surface area contributed by atoms with Gasteiger partial charge in [0.2, 0.25) is 21.8 Å². The highest BCUT2D eigenvalue weighted by molar-refractivity contribution is 7.89. The van der Waals surface area contributed by atoms with Gasteiger partial charge in [0.25, 0.3) is 0 Å². The monoisotopic (exact) mass is 447 g/mol. The lowest BCUT2D eigenvalue weighted by atomic mass is 10.2. The van der Waals surface area contributed by atoms with Crippen molar-refractivity contribution in [1.29, 1.82) is 0 Å². The van der Waals surface area contributed by atoms with Gasteiger partial charge in [-0.1, -0.05) is 0 Å². The Bertz CT molecular complexity index is 1070. The van der Waals surface area contributed by atoms with Crippen molar-refractivity contribution in [2.45, 2.75) is 30.7 Å². The van der Waals surface area contributed by atoms with Crippen LogP contribution in [0.5, 0.6) is 11.5 Å². The molecule has 2 amide bonds. The maximum atomic E-state index is 12.6. The fourth-order valence-electron chi connectivity index (χ4n) is 3.24. The summed E-state index contributed by atoms with van der Waals surface area (Å²) in [6.07, 6.45) is 1.21. The Morgan fingerprint density at radius 1 is 1.10 bits per heavy atom. The van der Waals surface area contributed by atoms with Gasteiger partial charge in [0, 0.05) is 18.7 Å². The zero-order valence-electron chi connectivity index (χ0n) is 17.5. The van der Waals surface area contributed by atoms with Gasteiger partial charge >= 0.3 is 0 Å². The van der Waals surface area contributed by atoms with Crippen molar-refractivity contribution in [3.63, 3.8) is 0 Å². The first kappa shape index (κ1) is 22.6. The summed E-state index contributed by atoms with van der Waals surface area (Å²) in [7, 11) is -0.908. The van der Waals surface area contributed by atoms with E-state index in [1.54, 1.807) is 23.1 Å². The molecule has 3 rings (SSSR count). The molecule has 31 heavy (non-hydrogen) atoms. The van der Waals surface area contributed by atoms with E-state index in [-0.39, 0.29) is 10.8 Å². The van der Waals surface area contributed by atoms with E-state index in [1.165, 1.54) is 45.4 Å². The van der Waals surface area contributed by atoms with Gasteiger partial charge in [-0.15, -0.1) is 0 Å². The lowest BCUT2D eigenvalue weighted by Gasteiger charge is -2.20. The van der Waals surface area contributed by atoms with Crippen molar-refractivity contribution in [3.8, 4) is 11.5 Å². The molecule has 166 valence electrons. The van der Waals surface area contributed by atoms with Crippen molar-refractivity contribution < 1.29 is 27.5 Å². The van der Waals surface area contributed by atoms with Gasteiger partial charge in [-0.25, -0.2) is 8.42 Å². The zero-order chi connectivity index (χ0) is 22.6. The van der Waals surface area contributed by atoms with Crippen LogP contribution in [0.15, 0.2) is 47.4 Å². The Morgan fingerprint density at radius 3 is 2.39 bits per heavy atom. The van der Waals surface area contributed by atoms with Crippen LogP contribution in [0.1, 0.15) is 19.8 Å². The van der Waals surface area contributed by atoms with Crippen LogP contribution in [0.4, 0.5) is 11.4 Å². The number of carbonyl (C=O) groups excluding carboxylic acids is 2. The molecule has 1 aliphatic rings. The summed E-state index contributed by atoms with van der Waals surface area (Å²) in [5.74, 6) is 0.487. The van der Waals surface area contributed by atoms with Crippen LogP contribution < -0.4 is 24.4 Å². The third-order valence-corrected chi connectivity index (χ3v) is 6.46. The van der Waals surface area contributed by atoms with Crippen LogP contribution in [0.2, 0.25) is 0 Å². The predicted molar refractivity (Wildman–Crippen MR) is 116 cm³/mol. The van der Waals surface area contributed by atoms with Crippen LogP contribution in [-0.4, -0.2) is 47.0 Å². The molecular formula is C21H25N3O6S. The van der Waals surface area contributed by atoms with E-state index in [0.29, 0.717) is 35.8 Å². The van der Waals surface area contributed by atoms with Crippen molar-refractivity contribution in [1.82, 2.24) is 4.72 Å². The normalized spacial score (nSPS) is 14.9. The number of nitrogens with one attached hydrogen (secondary N) is 2. The first-order chi connectivity index (χ1) is 14.7. The number of anilines is 2. The highest BCUT2D eigenvalue weighted by atomic mass is 32.2. The second-order valence-corrected chi connectivity index (χ2v) is 8.76. The number of benzene rings is 2. The van der Waals surface area contributed by atoms with E-state index < -0.39 is 22.0 Å². The number of hydrogen-bond donors (Lipinski definition) is 2. The molecule has 0 bridgehead atoms. The summed E-state index contributed by atoms with van der Waals surface area (Å²) in [5.41, 5.74) is 0.991. The molecule has 0 saturated carbocycles. The maximum Gasteiger partial charge on any atom is 0.242 e. The summed E-state index contributed by atoms with van der Waals surface area (Å²) in [4.78, 5) is 26.4. The van der Waals surface area contributed by atoms with Gasteiger partial charge in [-0.05, 0) is 55.8 Å². The molecule has 1 fully saturated rings. The van der Waals surface area contributed by atoms with Crippen molar-refractivity contribution in [2.24, 2.45) is 0 Å². The molecule has 0 radical (unpaired) electrons. The van der Waals surface area contributed by atoms with Gasteiger partial charge in [-0.2, -0.15) is 4.72 Å². The van der Waals surface area contributed by atoms with E-state index in [1.807, 2.05) is 0 Å². The fraction of sp³-hybridized carbons (Fsp3) is 0.333. The Hall–Kier alpha value is -3.11. The van der Waals surface area contributed by atoms with Crippen molar-refractivity contribution in [3.05, 3.63) is 42.5 Å². The molecule has 1 atom stereocenters. The minimum Gasteiger partial charge on any atom is -0.497 e. The van der Waals surface area contributed by atoms with E-state index >= 15 is 0 Å². The Morgan fingerprint density at radius 2 is 1.81 bits per heavy atom. The molecule has 0 unspecified atom stereocenters. The third-order valence-electron chi connectivity index (χ3n) is 4.91. The highest BCUT2D eigenvalue weighted by Gasteiger charge is 2.26. The number of carbonyl (C=O) groups is 2. The molecule has 10 heteroatoms. The Kier molecular flexibility index (Phi) is 6.81. The molecule has 1 aliphatic heterocycles. The molecule has 2 N–H and O–H groups in total. The minimum atomic E-state index is -3.90. The van der Waals surface area contributed by atoms with Gasteiger partial charge in [0.15, 0.2) is 0 Å².